The zero-order chi connectivity index (χ0) is 14.8. The largest absolute Gasteiger partial charge is 0.491 e. The predicted molar refractivity (Wildman–Crippen MR) is 80.3 cm³/mol. The Labute approximate surface area is 120 Å². The van der Waals surface area contributed by atoms with E-state index in [0.29, 0.717) is 37.1 Å². The van der Waals surface area contributed by atoms with Crippen molar-refractivity contribution in [1.29, 1.82) is 0 Å². The van der Waals surface area contributed by atoms with E-state index >= 15 is 0 Å². The van der Waals surface area contributed by atoms with Crippen LogP contribution in [0.5, 0.6) is 5.75 Å². The number of carbonyl (C=O) groups excluding carboxylic acids is 1. The highest BCUT2D eigenvalue weighted by Crippen LogP contribution is 2.23. The Kier molecular flexibility index (Phi) is 7.50. The summed E-state index contributed by atoms with van der Waals surface area (Å²) in [6, 6.07) is 7.18. The van der Waals surface area contributed by atoms with Gasteiger partial charge in [0.15, 0.2) is 0 Å². The SMILES string of the molecule is COCCCOc1ccccc1NC(=O)NCC(C)C. The maximum absolute atomic E-state index is 11.7. The average molecular weight is 280 g/mol. The minimum Gasteiger partial charge on any atom is -0.491 e. The monoisotopic (exact) mass is 280 g/mol. The van der Waals surface area contributed by atoms with E-state index in [-0.39, 0.29) is 6.03 Å². The topological polar surface area (TPSA) is 59.6 Å². The molecule has 0 aromatic heterocycles. The fraction of sp³-hybridized carbons (Fsp3) is 0.533. The van der Waals surface area contributed by atoms with Crippen LogP contribution in [0.3, 0.4) is 0 Å². The third-order valence-electron chi connectivity index (χ3n) is 2.56. The van der Waals surface area contributed by atoms with Crippen LogP contribution in [-0.4, -0.2) is 32.9 Å². The summed E-state index contributed by atoms with van der Waals surface area (Å²) in [7, 11) is 1.66. The third-order valence-corrected chi connectivity index (χ3v) is 2.56. The second-order valence-electron chi connectivity index (χ2n) is 4.92. The molecule has 1 aromatic rings. The van der Waals surface area contributed by atoms with Gasteiger partial charge in [0.25, 0.3) is 0 Å². The van der Waals surface area contributed by atoms with Gasteiger partial charge < -0.3 is 20.1 Å². The molecule has 112 valence electrons. The van der Waals surface area contributed by atoms with E-state index < -0.39 is 0 Å². The van der Waals surface area contributed by atoms with E-state index in [2.05, 4.69) is 10.6 Å². The van der Waals surface area contributed by atoms with E-state index in [0.717, 1.165) is 6.42 Å². The van der Waals surface area contributed by atoms with Crippen molar-refractivity contribution in [1.82, 2.24) is 5.32 Å². The smallest absolute Gasteiger partial charge is 0.319 e. The van der Waals surface area contributed by atoms with Crippen molar-refractivity contribution in [3.8, 4) is 5.75 Å². The van der Waals surface area contributed by atoms with Crippen molar-refractivity contribution in [2.45, 2.75) is 20.3 Å². The zero-order valence-electron chi connectivity index (χ0n) is 12.4. The number of ether oxygens (including phenoxy) is 2. The van der Waals surface area contributed by atoms with Crippen LogP contribution in [0.4, 0.5) is 10.5 Å². The number of methoxy groups -OCH3 is 1. The molecule has 0 heterocycles. The van der Waals surface area contributed by atoms with Gasteiger partial charge in [-0.2, -0.15) is 0 Å². The Morgan fingerprint density at radius 2 is 2.00 bits per heavy atom. The molecule has 20 heavy (non-hydrogen) atoms. The van der Waals surface area contributed by atoms with Gasteiger partial charge in [0, 0.05) is 26.7 Å². The molecular formula is C15H24N2O3. The number of nitrogens with one attached hydrogen (secondary N) is 2. The second-order valence-corrected chi connectivity index (χ2v) is 4.92. The van der Waals surface area contributed by atoms with Gasteiger partial charge in [-0.1, -0.05) is 26.0 Å². The van der Waals surface area contributed by atoms with Crippen LogP contribution in [-0.2, 0) is 4.74 Å². The van der Waals surface area contributed by atoms with Crippen LogP contribution < -0.4 is 15.4 Å². The first-order valence-corrected chi connectivity index (χ1v) is 6.89. The zero-order valence-corrected chi connectivity index (χ0v) is 12.4. The van der Waals surface area contributed by atoms with E-state index in [9.17, 15) is 4.79 Å². The number of urea groups is 1. The van der Waals surface area contributed by atoms with Gasteiger partial charge in [-0.3, -0.25) is 0 Å². The van der Waals surface area contributed by atoms with Crippen molar-refractivity contribution in [3.05, 3.63) is 24.3 Å². The summed E-state index contributed by atoms with van der Waals surface area (Å²) in [6.07, 6.45) is 0.810. The molecule has 0 fully saturated rings. The quantitative estimate of drug-likeness (QED) is 0.720. The van der Waals surface area contributed by atoms with Crippen LogP contribution >= 0.6 is 0 Å². The molecule has 0 saturated heterocycles. The molecule has 0 bridgehead atoms. The Morgan fingerprint density at radius 1 is 1.25 bits per heavy atom. The van der Waals surface area contributed by atoms with E-state index in [1.807, 2.05) is 38.1 Å². The normalized spacial score (nSPS) is 10.4. The Bertz CT molecular complexity index is 408. The van der Waals surface area contributed by atoms with E-state index in [1.54, 1.807) is 7.11 Å². The highest BCUT2D eigenvalue weighted by molar-refractivity contribution is 5.90. The van der Waals surface area contributed by atoms with Crippen molar-refractivity contribution >= 4 is 11.7 Å². The summed E-state index contributed by atoms with van der Waals surface area (Å²) in [5, 5.41) is 5.61. The fourth-order valence-electron chi connectivity index (χ4n) is 1.54. The van der Waals surface area contributed by atoms with Gasteiger partial charge in [-0.15, -0.1) is 0 Å². The molecule has 2 N–H and O–H groups in total. The van der Waals surface area contributed by atoms with Crippen molar-refractivity contribution in [2.75, 3.05) is 32.2 Å². The molecule has 0 radical (unpaired) electrons. The summed E-state index contributed by atoms with van der Waals surface area (Å²) in [6.45, 7) is 5.95. The van der Waals surface area contributed by atoms with Crippen LogP contribution in [0.2, 0.25) is 0 Å². The molecule has 0 aliphatic carbocycles. The van der Waals surface area contributed by atoms with Gasteiger partial charge in [-0.05, 0) is 18.1 Å². The van der Waals surface area contributed by atoms with E-state index in [4.69, 9.17) is 9.47 Å². The number of hydrogen-bond acceptors (Lipinski definition) is 3. The van der Waals surface area contributed by atoms with Crippen molar-refractivity contribution < 1.29 is 14.3 Å². The molecule has 5 nitrogen and oxygen atoms in total. The number of benzene rings is 1. The summed E-state index contributed by atoms with van der Waals surface area (Å²) in [5.41, 5.74) is 0.672. The van der Waals surface area contributed by atoms with E-state index in [1.165, 1.54) is 0 Å². The van der Waals surface area contributed by atoms with Crippen LogP contribution in [0.15, 0.2) is 24.3 Å². The molecule has 0 aliphatic rings. The van der Waals surface area contributed by atoms with Gasteiger partial charge in [0.1, 0.15) is 5.75 Å². The number of carbonyl (C=O) groups is 1. The minimum atomic E-state index is -0.216. The number of hydrogen-bond donors (Lipinski definition) is 2. The minimum absolute atomic E-state index is 0.216. The predicted octanol–water partition coefficient (Wildman–Crippen LogP) is 2.88. The first-order valence-electron chi connectivity index (χ1n) is 6.89. The Hall–Kier alpha value is -1.75. The first kappa shape index (κ1) is 16.3. The molecule has 2 amide bonds. The van der Waals surface area contributed by atoms with Crippen molar-refractivity contribution in [2.24, 2.45) is 5.92 Å². The summed E-state index contributed by atoms with van der Waals surface area (Å²) >= 11 is 0. The maximum Gasteiger partial charge on any atom is 0.319 e. The van der Waals surface area contributed by atoms with Gasteiger partial charge >= 0.3 is 6.03 Å². The Balaban J connectivity index is 2.49. The summed E-state index contributed by atoms with van der Waals surface area (Å²) in [4.78, 5) is 11.7. The molecule has 0 aliphatic heterocycles. The van der Waals surface area contributed by atoms with Crippen LogP contribution in [0.25, 0.3) is 0 Å². The van der Waals surface area contributed by atoms with Gasteiger partial charge in [0.05, 0.1) is 12.3 Å². The average Bonchev–Trinajstić information content (AvgIpc) is 2.43. The van der Waals surface area contributed by atoms with Gasteiger partial charge in [-0.25, -0.2) is 4.79 Å². The molecule has 1 rings (SSSR count). The molecule has 0 saturated carbocycles. The number of para-hydroxylation sites is 2. The molecule has 1 aromatic carbocycles. The molecule has 5 heteroatoms. The lowest BCUT2D eigenvalue weighted by Gasteiger charge is -2.13. The molecule has 0 atom stereocenters. The summed E-state index contributed by atoms with van der Waals surface area (Å²) in [5.74, 6) is 1.09. The number of rotatable bonds is 8. The van der Waals surface area contributed by atoms with Crippen molar-refractivity contribution in [3.63, 3.8) is 0 Å². The summed E-state index contributed by atoms with van der Waals surface area (Å²) < 4.78 is 10.6. The fourth-order valence-corrected chi connectivity index (χ4v) is 1.54. The standard InChI is InChI=1S/C15H24N2O3/c1-12(2)11-16-15(18)17-13-7-4-5-8-14(13)20-10-6-9-19-3/h4-5,7-8,12H,6,9-11H2,1-3H3,(H2,16,17,18). The molecule has 0 spiro atoms. The molecular weight excluding hydrogens is 256 g/mol. The third kappa shape index (κ3) is 6.43. The highest BCUT2D eigenvalue weighted by atomic mass is 16.5. The lowest BCUT2D eigenvalue weighted by atomic mass is 10.2. The van der Waals surface area contributed by atoms with Crippen LogP contribution in [0.1, 0.15) is 20.3 Å². The highest BCUT2D eigenvalue weighted by Gasteiger charge is 2.07. The maximum atomic E-state index is 11.7. The van der Waals surface area contributed by atoms with Gasteiger partial charge in [0.2, 0.25) is 0 Å². The lowest BCUT2D eigenvalue weighted by molar-refractivity contribution is 0.172. The first-order chi connectivity index (χ1) is 9.63. The number of anilines is 1. The second kappa shape index (κ2) is 9.20. The molecule has 0 unspecified atom stereocenters. The lowest BCUT2D eigenvalue weighted by Crippen LogP contribution is -2.31. The Morgan fingerprint density at radius 3 is 2.70 bits per heavy atom. The van der Waals surface area contributed by atoms with Crippen LogP contribution in [0, 0.1) is 5.92 Å². The number of amides is 2.